The minimum Gasteiger partial charge on any atom is -0.383 e. The van der Waals surface area contributed by atoms with E-state index in [0.29, 0.717) is 32.5 Å². The Balaban J connectivity index is 1.74. The lowest BCUT2D eigenvalue weighted by atomic mass is 9.86. The molecular formula is C15H25N5O4S. The molecule has 140 valence electrons. The van der Waals surface area contributed by atoms with Crippen LogP contribution in [-0.4, -0.2) is 82.9 Å². The fraction of sp³-hybridized carbons (Fsp3) is 0.800. The number of carbonyl (C=O) groups excluding carboxylic acids is 1. The van der Waals surface area contributed by atoms with Gasteiger partial charge < -0.3 is 9.64 Å². The monoisotopic (exact) mass is 371 g/mol. The molecule has 0 aliphatic carbocycles. The van der Waals surface area contributed by atoms with E-state index in [0.717, 1.165) is 12.8 Å². The third kappa shape index (κ3) is 3.42. The highest BCUT2D eigenvalue weighted by Crippen LogP contribution is 2.43. The van der Waals surface area contributed by atoms with Crippen molar-refractivity contribution in [3.63, 3.8) is 0 Å². The van der Waals surface area contributed by atoms with Gasteiger partial charge in [-0.25, -0.2) is 13.4 Å². The van der Waals surface area contributed by atoms with E-state index in [1.165, 1.54) is 17.3 Å². The second-order valence-electron chi connectivity index (χ2n) is 6.97. The molecule has 9 nitrogen and oxygen atoms in total. The van der Waals surface area contributed by atoms with Crippen molar-refractivity contribution in [2.75, 3.05) is 33.1 Å². The average molecular weight is 371 g/mol. The van der Waals surface area contributed by atoms with Crippen molar-refractivity contribution in [1.29, 1.82) is 0 Å². The molecular weight excluding hydrogens is 346 g/mol. The molecule has 3 rings (SSSR count). The normalized spacial score (nSPS) is 24.1. The quantitative estimate of drug-likeness (QED) is 0.731. The summed E-state index contributed by atoms with van der Waals surface area (Å²) in [5.41, 5.74) is -0.412. The maximum absolute atomic E-state index is 12.5. The second kappa shape index (κ2) is 6.65. The van der Waals surface area contributed by atoms with E-state index < -0.39 is 15.6 Å². The molecule has 1 spiro atoms. The summed E-state index contributed by atoms with van der Waals surface area (Å²) >= 11 is 0. The summed E-state index contributed by atoms with van der Waals surface area (Å²) in [6.45, 7) is 1.40. The molecule has 0 bridgehead atoms. The Morgan fingerprint density at radius 3 is 2.56 bits per heavy atom. The lowest BCUT2D eigenvalue weighted by Crippen LogP contribution is -2.57. The average Bonchev–Trinajstić information content (AvgIpc) is 3.12. The number of ether oxygens (including phenoxy) is 1. The van der Waals surface area contributed by atoms with Gasteiger partial charge >= 0.3 is 0 Å². The summed E-state index contributed by atoms with van der Waals surface area (Å²) in [4.78, 5) is 18.2. The molecule has 2 aliphatic rings. The van der Waals surface area contributed by atoms with Crippen LogP contribution in [0.2, 0.25) is 0 Å². The first-order valence-electron chi connectivity index (χ1n) is 8.40. The molecule has 0 N–H and O–H groups in total. The molecule has 3 heterocycles. The highest BCUT2D eigenvalue weighted by Gasteiger charge is 2.52. The summed E-state index contributed by atoms with van der Waals surface area (Å²) in [7, 11) is -0.0410. The van der Waals surface area contributed by atoms with Gasteiger partial charge in [0.05, 0.1) is 12.9 Å². The van der Waals surface area contributed by atoms with Gasteiger partial charge in [-0.05, 0) is 25.7 Å². The van der Waals surface area contributed by atoms with E-state index >= 15 is 0 Å². The number of aryl methyl sites for hydroxylation is 1. The van der Waals surface area contributed by atoms with Crippen LogP contribution in [-0.2, 0) is 21.8 Å². The standard InChI is InChI=1S/C15H25N5O4S/c1-18-11-16-13(17-18)14(21)19-8-6-15(7-9-19)5-4-12(10-24-2)20(15)25(3,22)23/h11-12H,4-10H2,1-3H3/t12-/m0/s1. The minimum absolute atomic E-state index is 0.125. The van der Waals surface area contributed by atoms with Crippen molar-refractivity contribution in [2.24, 2.45) is 7.05 Å². The first-order valence-corrected chi connectivity index (χ1v) is 10.2. The number of carbonyl (C=O) groups is 1. The van der Waals surface area contributed by atoms with Gasteiger partial charge in [0, 0.05) is 38.8 Å². The van der Waals surface area contributed by atoms with Crippen molar-refractivity contribution in [3.05, 3.63) is 12.2 Å². The topological polar surface area (TPSA) is 97.6 Å². The summed E-state index contributed by atoms with van der Waals surface area (Å²) in [5.74, 6) is -0.0186. The molecule has 1 aromatic heterocycles. The Labute approximate surface area is 148 Å². The minimum atomic E-state index is -3.35. The fourth-order valence-corrected chi connectivity index (χ4v) is 5.88. The van der Waals surface area contributed by atoms with Gasteiger partial charge in [-0.3, -0.25) is 9.48 Å². The van der Waals surface area contributed by atoms with Gasteiger partial charge in [0.2, 0.25) is 15.8 Å². The molecule has 25 heavy (non-hydrogen) atoms. The smallest absolute Gasteiger partial charge is 0.293 e. The number of aromatic nitrogens is 3. The lowest BCUT2D eigenvalue weighted by Gasteiger charge is -2.44. The van der Waals surface area contributed by atoms with Crippen LogP contribution < -0.4 is 0 Å². The van der Waals surface area contributed by atoms with E-state index in [9.17, 15) is 13.2 Å². The van der Waals surface area contributed by atoms with Crippen molar-refractivity contribution in [1.82, 2.24) is 24.0 Å². The van der Waals surface area contributed by atoms with Gasteiger partial charge in [0.1, 0.15) is 6.33 Å². The molecule has 2 aliphatic heterocycles. The van der Waals surface area contributed by atoms with Gasteiger partial charge in [-0.1, -0.05) is 0 Å². The Morgan fingerprint density at radius 2 is 2.04 bits per heavy atom. The number of nitrogens with zero attached hydrogens (tertiary/aromatic N) is 5. The molecule has 0 unspecified atom stereocenters. The molecule has 1 amide bonds. The number of piperidine rings is 1. The van der Waals surface area contributed by atoms with Crippen molar-refractivity contribution in [3.8, 4) is 0 Å². The van der Waals surface area contributed by atoms with Crippen LogP contribution in [0.4, 0.5) is 0 Å². The second-order valence-corrected chi connectivity index (χ2v) is 8.82. The molecule has 0 aromatic carbocycles. The molecule has 2 saturated heterocycles. The third-order valence-corrected chi connectivity index (χ3v) is 6.63. The summed E-state index contributed by atoms with van der Waals surface area (Å²) in [6.07, 6.45) is 5.60. The highest BCUT2D eigenvalue weighted by atomic mass is 32.2. The Hall–Kier alpha value is -1.52. The van der Waals surface area contributed by atoms with Crippen LogP contribution in [0.15, 0.2) is 6.33 Å². The zero-order chi connectivity index (χ0) is 18.2. The number of sulfonamides is 1. The molecule has 2 fully saturated rings. The van der Waals surface area contributed by atoms with Crippen LogP contribution in [0, 0.1) is 0 Å². The van der Waals surface area contributed by atoms with Crippen LogP contribution in [0.3, 0.4) is 0 Å². The highest BCUT2D eigenvalue weighted by molar-refractivity contribution is 7.88. The number of methoxy groups -OCH3 is 1. The van der Waals surface area contributed by atoms with Gasteiger partial charge in [0.25, 0.3) is 5.91 Å². The van der Waals surface area contributed by atoms with Gasteiger partial charge in [0.15, 0.2) is 0 Å². The Morgan fingerprint density at radius 1 is 1.36 bits per heavy atom. The van der Waals surface area contributed by atoms with E-state index in [1.54, 1.807) is 23.4 Å². The number of rotatable bonds is 4. The zero-order valence-electron chi connectivity index (χ0n) is 14.9. The number of amides is 1. The molecule has 1 atom stereocenters. The zero-order valence-corrected chi connectivity index (χ0v) is 15.7. The number of hydrogen-bond donors (Lipinski definition) is 0. The van der Waals surface area contributed by atoms with Gasteiger partial charge in [-0.15, -0.1) is 5.10 Å². The van der Waals surface area contributed by atoms with Crippen molar-refractivity contribution >= 4 is 15.9 Å². The SMILES string of the molecule is COC[C@@H]1CCC2(CCN(C(=O)c3ncn(C)n3)CC2)N1S(C)(=O)=O. The van der Waals surface area contributed by atoms with Crippen LogP contribution in [0.25, 0.3) is 0 Å². The summed E-state index contributed by atoms with van der Waals surface area (Å²) < 4.78 is 33.2. The van der Waals surface area contributed by atoms with Crippen LogP contribution in [0.1, 0.15) is 36.3 Å². The molecule has 0 radical (unpaired) electrons. The lowest BCUT2D eigenvalue weighted by molar-refractivity contribution is 0.0495. The number of hydrogen-bond acceptors (Lipinski definition) is 6. The summed E-state index contributed by atoms with van der Waals surface area (Å²) in [6, 6.07) is -0.125. The molecule has 1 aromatic rings. The van der Waals surface area contributed by atoms with E-state index in [2.05, 4.69) is 10.1 Å². The Bertz CT molecular complexity index is 739. The predicted molar refractivity (Wildman–Crippen MR) is 90.5 cm³/mol. The van der Waals surface area contributed by atoms with Crippen molar-refractivity contribution in [2.45, 2.75) is 37.3 Å². The van der Waals surface area contributed by atoms with Crippen LogP contribution >= 0.6 is 0 Å². The van der Waals surface area contributed by atoms with Crippen molar-refractivity contribution < 1.29 is 17.9 Å². The maximum atomic E-state index is 12.5. The fourth-order valence-electron chi connectivity index (χ4n) is 4.19. The number of likely N-dealkylation sites (tertiary alicyclic amines) is 1. The largest absolute Gasteiger partial charge is 0.383 e. The predicted octanol–water partition coefficient (Wildman–Crippen LogP) is -0.140. The molecule has 10 heteroatoms. The maximum Gasteiger partial charge on any atom is 0.293 e. The first-order chi connectivity index (χ1) is 11.8. The first kappa shape index (κ1) is 18.3. The van der Waals surface area contributed by atoms with E-state index in [-0.39, 0.29) is 17.8 Å². The van der Waals surface area contributed by atoms with E-state index in [1.807, 2.05) is 0 Å². The van der Waals surface area contributed by atoms with Crippen LogP contribution in [0.5, 0.6) is 0 Å². The Kier molecular flexibility index (Phi) is 4.86. The molecule has 0 saturated carbocycles. The summed E-state index contributed by atoms with van der Waals surface area (Å²) in [5, 5.41) is 4.06. The van der Waals surface area contributed by atoms with E-state index in [4.69, 9.17) is 4.74 Å². The van der Waals surface area contributed by atoms with Gasteiger partial charge in [-0.2, -0.15) is 4.31 Å². The third-order valence-electron chi connectivity index (χ3n) is 5.23.